The molecular weight excluding hydrogens is 247 g/mol. The molecule has 0 aromatic carbocycles. The van der Waals surface area contributed by atoms with Gasteiger partial charge in [0.2, 0.25) is 0 Å². The molecule has 18 heavy (non-hydrogen) atoms. The summed E-state index contributed by atoms with van der Waals surface area (Å²) >= 11 is 0. The summed E-state index contributed by atoms with van der Waals surface area (Å²) in [5, 5.41) is 1.77. The summed E-state index contributed by atoms with van der Waals surface area (Å²) in [7, 11) is 0. The summed E-state index contributed by atoms with van der Waals surface area (Å²) in [6, 6.07) is 3.60. The predicted octanol–water partition coefficient (Wildman–Crippen LogP) is 1.82. The third kappa shape index (κ3) is 2.61. The molecular formula is C11H10F3N3O. The Balaban J connectivity index is 2.11. The van der Waals surface area contributed by atoms with Crippen LogP contribution >= 0.6 is 0 Å². The van der Waals surface area contributed by atoms with Crippen molar-refractivity contribution in [3.05, 3.63) is 35.8 Å². The molecule has 0 aliphatic heterocycles. The molecule has 0 aliphatic carbocycles. The van der Waals surface area contributed by atoms with Crippen LogP contribution in [0.1, 0.15) is 11.3 Å². The highest BCUT2D eigenvalue weighted by Gasteiger charge is 2.38. The topological polar surface area (TPSA) is 46.4 Å². The van der Waals surface area contributed by atoms with Gasteiger partial charge in [0.1, 0.15) is 5.65 Å². The molecule has 0 bridgehead atoms. The van der Waals surface area contributed by atoms with E-state index in [-0.39, 0.29) is 6.54 Å². The van der Waals surface area contributed by atoms with E-state index in [2.05, 4.69) is 4.98 Å². The number of hydrogen-bond donors (Lipinski definition) is 1. The van der Waals surface area contributed by atoms with Crippen LogP contribution in [0.25, 0.3) is 5.65 Å². The first-order valence-corrected chi connectivity index (χ1v) is 5.15. The first-order chi connectivity index (χ1) is 8.36. The Morgan fingerprint density at radius 1 is 1.39 bits per heavy atom. The fourth-order valence-electron chi connectivity index (χ4n) is 1.51. The lowest BCUT2D eigenvalue weighted by atomic mass is 10.3. The van der Waals surface area contributed by atoms with Crippen LogP contribution in [0.5, 0.6) is 0 Å². The van der Waals surface area contributed by atoms with Gasteiger partial charge in [-0.1, -0.05) is 6.07 Å². The van der Waals surface area contributed by atoms with Crippen LogP contribution in [0.4, 0.5) is 13.2 Å². The van der Waals surface area contributed by atoms with Gasteiger partial charge in [-0.25, -0.2) is 4.98 Å². The summed E-state index contributed by atoms with van der Waals surface area (Å²) < 4.78 is 37.6. The van der Waals surface area contributed by atoms with Crippen molar-refractivity contribution in [1.29, 1.82) is 0 Å². The molecule has 0 saturated carbocycles. The quantitative estimate of drug-likeness (QED) is 0.892. The van der Waals surface area contributed by atoms with Gasteiger partial charge in [-0.2, -0.15) is 13.2 Å². The van der Waals surface area contributed by atoms with Crippen LogP contribution < -0.4 is 5.32 Å². The Labute approximate surface area is 100 Å². The molecule has 2 rings (SSSR count). The molecule has 2 aromatic heterocycles. The first kappa shape index (κ1) is 12.4. The van der Waals surface area contributed by atoms with E-state index in [1.807, 2.05) is 13.0 Å². The number of hydrogen-bond acceptors (Lipinski definition) is 2. The number of fused-ring (bicyclic) bond motifs is 1. The fraction of sp³-hybridized carbons (Fsp3) is 0.273. The highest BCUT2D eigenvalue weighted by Crippen LogP contribution is 2.14. The number of imidazole rings is 1. The van der Waals surface area contributed by atoms with Gasteiger partial charge in [0, 0.05) is 12.4 Å². The maximum absolute atomic E-state index is 12.0. The van der Waals surface area contributed by atoms with Crippen LogP contribution in [0, 0.1) is 6.92 Å². The van der Waals surface area contributed by atoms with Gasteiger partial charge < -0.3 is 9.72 Å². The third-order valence-electron chi connectivity index (χ3n) is 2.34. The van der Waals surface area contributed by atoms with Crippen molar-refractivity contribution >= 4 is 11.6 Å². The lowest BCUT2D eigenvalue weighted by molar-refractivity contribution is -0.173. The maximum Gasteiger partial charge on any atom is 0.471 e. The Bertz CT molecular complexity index is 589. The second-order valence-corrected chi connectivity index (χ2v) is 3.88. The van der Waals surface area contributed by atoms with Crippen molar-refractivity contribution < 1.29 is 18.0 Å². The highest BCUT2D eigenvalue weighted by molar-refractivity contribution is 5.81. The standard InChI is InChI=1S/C11H10F3N3O/c1-7-2-3-9-16-8(6-17(9)5-7)4-15-10(18)11(12,13)14/h2-3,5-6H,4H2,1H3,(H,15,18). The van der Waals surface area contributed by atoms with Gasteiger partial charge in [0.05, 0.1) is 12.2 Å². The molecule has 96 valence electrons. The van der Waals surface area contributed by atoms with E-state index in [4.69, 9.17) is 0 Å². The summed E-state index contributed by atoms with van der Waals surface area (Å²) in [6.45, 7) is 1.64. The molecule has 0 saturated heterocycles. The minimum atomic E-state index is -4.87. The molecule has 2 heterocycles. The number of pyridine rings is 1. The van der Waals surface area contributed by atoms with Gasteiger partial charge in [-0.3, -0.25) is 4.79 Å². The van der Waals surface area contributed by atoms with Crippen molar-refractivity contribution in [1.82, 2.24) is 14.7 Å². The summed E-state index contributed by atoms with van der Waals surface area (Å²) in [6.07, 6.45) is -1.48. The number of carbonyl (C=O) groups is 1. The summed E-state index contributed by atoms with van der Waals surface area (Å²) in [4.78, 5) is 14.7. The molecule has 7 heteroatoms. The molecule has 1 N–H and O–H groups in total. The largest absolute Gasteiger partial charge is 0.471 e. The predicted molar refractivity (Wildman–Crippen MR) is 57.8 cm³/mol. The van der Waals surface area contributed by atoms with Gasteiger partial charge in [0.15, 0.2) is 0 Å². The zero-order valence-corrected chi connectivity index (χ0v) is 9.45. The number of nitrogens with one attached hydrogen (secondary N) is 1. The minimum absolute atomic E-state index is 0.251. The van der Waals surface area contributed by atoms with E-state index >= 15 is 0 Å². The number of aryl methyl sites for hydroxylation is 1. The molecule has 2 aromatic rings. The van der Waals surface area contributed by atoms with Crippen LogP contribution in [-0.2, 0) is 11.3 Å². The van der Waals surface area contributed by atoms with Gasteiger partial charge >= 0.3 is 12.1 Å². The zero-order chi connectivity index (χ0) is 13.3. The van der Waals surface area contributed by atoms with Crippen molar-refractivity contribution in [3.63, 3.8) is 0 Å². The molecule has 1 amide bonds. The van der Waals surface area contributed by atoms with Gasteiger partial charge in [0.25, 0.3) is 0 Å². The number of carbonyl (C=O) groups excluding carboxylic acids is 1. The van der Waals surface area contributed by atoms with E-state index in [1.165, 1.54) is 0 Å². The van der Waals surface area contributed by atoms with E-state index in [1.54, 1.807) is 28.2 Å². The first-order valence-electron chi connectivity index (χ1n) is 5.15. The smallest absolute Gasteiger partial charge is 0.343 e. The normalized spacial score (nSPS) is 11.8. The monoisotopic (exact) mass is 257 g/mol. The van der Waals surface area contributed by atoms with Crippen molar-refractivity contribution in [2.45, 2.75) is 19.6 Å². The van der Waals surface area contributed by atoms with Gasteiger partial charge in [-0.05, 0) is 18.6 Å². The molecule has 0 unspecified atom stereocenters. The second-order valence-electron chi connectivity index (χ2n) is 3.88. The Morgan fingerprint density at radius 3 is 2.78 bits per heavy atom. The molecule has 0 aliphatic rings. The SMILES string of the molecule is Cc1ccc2nc(CNC(=O)C(F)(F)F)cn2c1. The number of nitrogens with zero attached hydrogens (tertiary/aromatic N) is 2. The zero-order valence-electron chi connectivity index (χ0n) is 9.45. The summed E-state index contributed by atoms with van der Waals surface area (Å²) in [5.74, 6) is -1.96. The Kier molecular flexibility index (Phi) is 2.98. The van der Waals surface area contributed by atoms with Crippen LogP contribution in [0.3, 0.4) is 0 Å². The lowest BCUT2D eigenvalue weighted by Gasteiger charge is -2.05. The third-order valence-corrected chi connectivity index (χ3v) is 2.34. The number of amides is 1. The van der Waals surface area contributed by atoms with Crippen molar-refractivity contribution in [2.75, 3.05) is 0 Å². The van der Waals surface area contributed by atoms with Crippen molar-refractivity contribution in [3.8, 4) is 0 Å². The lowest BCUT2D eigenvalue weighted by Crippen LogP contribution is -2.36. The van der Waals surface area contributed by atoms with Crippen molar-refractivity contribution in [2.24, 2.45) is 0 Å². The number of halogens is 3. The number of aromatic nitrogens is 2. The van der Waals surface area contributed by atoms with Crippen LogP contribution in [-0.4, -0.2) is 21.5 Å². The van der Waals surface area contributed by atoms with E-state index in [9.17, 15) is 18.0 Å². The molecule has 0 radical (unpaired) electrons. The van der Waals surface area contributed by atoms with E-state index in [0.717, 1.165) is 5.56 Å². The van der Waals surface area contributed by atoms with E-state index < -0.39 is 12.1 Å². The van der Waals surface area contributed by atoms with E-state index in [0.29, 0.717) is 11.3 Å². The van der Waals surface area contributed by atoms with Gasteiger partial charge in [-0.15, -0.1) is 0 Å². The summed E-state index contributed by atoms with van der Waals surface area (Å²) in [5.41, 5.74) is 2.00. The molecule has 4 nitrogen and oxygen atoms in total. The maximum atomic E-state index is 12.0. The molecule has 0 fully saturated rings. The average molecular weight is 257 g/mol. The number of alkyl halides is 3. The fourth-order valence-corrected chi connectivity index (χ4v) is 1.51. The molecule has 0 atom stereocenters. The highest BCUT2D eigenvalue weighted by atomic mass is 19.4. The molecule has 0 spiro atoms. The average Bonchev–Trinajstić information content (AvgIpc) is 2.66. The second kappa shape index (κ2) is 4.32. The van der Waals surface area contributed by atoms with Crippen LogP contribution in [0.2, 0.25) is 0 Å². The number of rotatable bonds is 2. The Hall–Kier alpha value is -2.05. The Morgan fingerprint density at radius 2 is 2.11 bits per heavy atom. The minimum Gasteiger partial charge on any atom is -0.343 e. The van der Waals surface area contributed by atoms with Crippen LogP contribution in [0.15, 0.2) is 24.5 Å².